The highest BCUT2D eigenvalue weighted by Crippen LogP contribution is 2.38. The topological polar surface area (TPSA) is 118 Å². The Kier molecular flexibility index (Phi) is 5.19. The maximum Gasteiger partial charge on any atom is 0.341 e. The average molecular weight is 388 g/mol. The molecule has 2 aliphatic heterocycles. The Labute approximate surface area is 160 Å². The summed E-state index contributed by atoms with van der Waals surface area (Å²) in [4.78, 5) is 10.6. The Hall–Kier alpha value is -2.65. The molecule has 2 aromatic carbocycles. The molecular formula is C20H20O8. The number of benzene rings is 2. The third-order valence-corrected chi connectivity index (χ3v) is 4.67. The SMILES string of the molecule is O=C(O)COc1ccc(-c2cccc(OC3OC(CO)C(O)C4OC34)c2)cc1. The molecular weight excluding hydrogens is 368 g/mol. The van der Waals surface area contributed by atoms with E-state index in [1.54, 1.807) is 18.2 Å². The van der Waals surface area contributed by atoms with Gasteiger partial charge in [-0.3, -0.25) is 0 Å². The van der Waals surface area contributed by atoms with Gasteiger partial charge < -0.3 is 34.3 Å². The maximum atomic E-state index is 10.6. The first kappa shape index (κ1) is 18.7. The highest BCUT2D eigenvalue weighted by atomic mass is 16.7. The molecule has 2 heterocycles. The predicted octanol–water partition coefficient (Wildman–Crippen LogP) is 1.04. The number of epoxide rings is 1. The van der Waals surface area contributed by atoms with Crippen molar-refractivity contribution in [1.29, 1.82) is 0 Å². The van der Waals surface area contributed by atoms with Crippen LogP contribution in [0.15, 0.2) is 48.5 Å². The molecule has 2 saturated heterocycles. The van der Waals surface area contributed by atoms with Gasteiger partial charge in [-0.1, -0.05) is 24.3 Å². The van der Waals surface area contributed by atoms with Crippen molar-refractivity contribution in [3.63, 3.8) is 0 Å². The van der Waals surface area contributed by atoms with Gasteiger partial charge in [0.2, 0.25) is 6.29 Å². The van der Waals surface area contributed by atoms with Gasteiger partial charge >= 0.3 is 5.97 Å². The lowest BCUT2D eigenvalue weighted by atomic mass is 10.0. The Balaban J connectivity index is 1.44. The third kappa shape index (κ3) is 3.95. The van der Waals surface area contributed by atoms with Crippen molar-refractivity contribution in [2.45, 2.75) is 30.7 Å². The smallest absolute Gasteiger partial charge is 0.341 e. The maximum absolute atomic E-state index is 10.6. The largest absolute Gasteiger partial charge is 0.482 e. The van der Waals surface area contributed by atoms with E-state index in [1.807, 2.05) is 30.3 Å². The highest BCUT2D eigenvalue weighted by molar-refractivity contribution is 5.69. The molecule has 2 fully saturated rings. The van der Waals surface area contributed by atoms with Crippen LogP contribution in [0, 0.1) is 0 Å². The number of aliphatic hydroxyl groups is 2. The number of ether oxygens (including phenoxy) is 4. The minimum atomic E-state index is -1.03. The molecule has 8 heteroatoms. The fraction of sp³-hybridized carbons (Fsp3) is 0.350. The molecule has 0 spiro atoms. The summed E-state index contributed by atoms with van der Waals surface area (Å²) in [5.41, 5.74) is 1.80. The molecule has 4 rings (SSSR count). The number of carbonyl (C=O) groups is 1. The van der Waals surface area contributed by atoms with Crippen LogP contribution in [0.4, 0.5) is 0 Å². The van der Waals surface area contributed by atoms with Crippen molar-refractivity contribution < 1.29 is 39.1 Å². The summed E-state index contributed by atoms with van der Waals surface area (Å²) in [5, 5.41) is 27.9. The number of hydrogen-bond donors (Lipinski definition) is 3. The zero-order chi connectivity index (χ0) is 19.7. The second kappa shape index (κ2) is 7.76. The van der Waals surface area contributed by atoms with Crippen LogP contribution in [0.2, 0.25) is 0 Å². The molecule has 0 saturated carbocycles. The van der Waals surface area contributed by atoms with E-state index >= 15 is 0 Å². The summed E-state index contributed by atoms with van der Waals surface area (Å²) >= 11 is 0. The standard InChI is InChI=1S/C20H20O8/c21-9-15-17(24)18-19(28-18)20(27-15)26-14-3-1-2-12(8-14)11-4-6-13(7-5-11)25-10-16(22)23/h1-8,15,17-21,24H,9-10H2,(H,22,23). The van der Waals surface area contributed by atoms with Crippen LogP contribution >= 0.6 is 0 Å². The molecule has 2 aliphatic rings. The van der Waals surface area contributed by atoms with Gasteiger partial charge in [0.1, 0.15) is 35.9 Å². The van der Waals surface area contributed by atoms with Crippen molar-refractivity contribution in [3.8, 4) is 22.6 Å². The Morgan fingerprint density at radius 3 is 2.50 bits per heavy atom. The molecule has 5 atom stereocenters. The molecule has 8 nitrogen and oxygen atoms in total. The summed E-state index contributed by atoms with van der Waals surface area (Å²) in [7, 11) is 0. The fourth-order valence-corrected chi connectivity index (χ4v) is 3.19. The van der Waals surface area contributed by atoms with Crippen molar-refractivity contribution in [1.82, 2.24) is 0 Å². The fourth-order valence-electron chi connectivity index (χ4n) is 3.19. The van der Waals surface area contributed by atoms with E-state index in [1.165, 1.54) is 0 Å². The number of rotatable bonds is 7. The van der Waals surface area contributed by atoms with Crippen LogP contribution in [0.5, 0.6) is 11.5 Å². The minimum absolute atomic E-state index is 0.316. The van der Waals surface area contributed by atoms with E-state index in [0.29, 0.717) is 11.5 Å². The van der Waals surface area contributed by atoms with Crippen molar-refractivity contribution in [2.24, 2.45) is 0 Å². The number of carboxylic acid groups (broad SMARTS) is 1. The normalized spacial score (nSPS) is 28.3. The number of aliphatic hydroxyl groups excluding tert-OH is 2. The van der Waals surface area contributed by atoms with Crippen LogP contribution in [0.3, 0.4) is 0 Å². The van der Waals surface area contributed by atoms with Gasteiger partial charge in [0.15, 0.2) is 6.61 Å². The molecule has 0 radical (unpaired) electrons. The van der Waals surface area contributed by atoms with Gasteiger partial charge in [-0.2, -0.15) is 0 Å². The number of fused-ring (bicyclic) bond motifs is 1. The zero-order valence-electron chi connectivity index (χ0n) is 14.8. The van der Waals surface area contributed by atoms with Crippen molar-refractivity contribution in [3.05, 3.63) is 48.5 Å². The first-order valence-corrected chi connectivity index (χ1v) is 8.87. The first-order valence-electron chi connectivity index (χ1n) is 8.87. The monoisotopic (exact) mass is 388 g/mol. The molecule has 0 aromatic heterocycles. The molecule has 3 N–H and O–H groups in total. The second-order valence-electron chi connectivity index (χ2n) is 6.63. The summed E-state index contributed by atoms with van der Waals surface area (Å²) in [6, 6.07) is 14.4. The van der Waals surface area contributed by atoms with Crippen LogP contribution in [0.1, 0.15) is 0 Å². The summed E-state index contributed by atoms with van der Waals surface area (Å²) in [6.07, 6.45) is -3.03. The number of hydrogen-bond acceptors (Lipinski definition) is 7. The Morgan fingerprint density at radius 2 is 1.79 bits per heavy atom. The molecule has 0 aliphatic carbocycles. The molecule has 0 amide bonds. The number of carboxylic acids is 1. The van der Waals surface area contributed by atoms with Crippen LogP contribution in [-0.2, 0) is 14.3 Å². The van der Waals surface area contributed by atoms with E-state index in [9.17, 15) is 15.0 Å². The summed E-state index contributed by atoms with van der Waals surface area (Å²) < 4.78 is 22.0. The van der Waals surface area contributed by atoms with Crippen molar-refractivity contribution in [2.75, 3.05) is 13.2 Å². The van der Waals surface area contributed by atoms with Gasteiger partial charge in [0, 0.05) is 0 Å². The average Bonchev–Trinajstić information content (AvgIpc) is 3.51. The summed E-state index contributed by atoms with van der Waals surface area (Å²) in [6.45, 7) is -0.707. The van der Waals surface area contributed by atoms with E-state index in [0.717, 1.165) is 11.1 Å². The van der Waals surface area contributed by atoms with E-state index in [4.69, 9.17) is 24.1 Å². The first-order chi connectivity index (χ1) is 13.5. The van der Waals surface area contributed by atoms with Crippen LogP contribution in [-0.4, -0.2) is 65.2 Å². The minimum Gasteiger partial charge on any atom is -0.482 e. The lowest BCUT2D eigenvalue weighted by Gasteiger charge is -2.29. The molecule has 2 aromatic rings. The lowest BCUT2D eigenvalue weighted by Crippen LogP contribution is -2.48. The van der Waals surface area contributed by atoms with Crippen LogP contribution in [0.25, 0.3) is 11.1 Å². The zero-order valence-corrected chi connectivity index (χ0v) is 14.8. The highest BCUT2D eigenvalue weighted by Gasteiger charge is 2.58. The van der Waals surface area contributed by atoms with Crippen molar-refractivity contribution >= 4 is 5.97 Å². The lowest BCUT2D eigenvalue weighted by molar-refractivity contribution is -0.182. The molecule has 148 valence electrons. The molecule has 28 heavy (non-hydrogen) atoms. The quantitative estimate of drug-likeness (QED) is 0.602. The summed E-state index contributed by atoms with van der Waals surface area (Å²) in [5.74, 6) is 0.00687. The molecule has 0 bridgehead atoms. The number of aliphatic carboxylic acids is 1. The predicted molar refractivity (Wildman–Crippen MR) is 96.1 cm³/mol. The van der Waals surface area contributed by atoms with Gasteiger partial charge in [-0.05, 0) is 35.4 Å². The van der Waals surface area contributed by atoms with E-state index < -0.39 is 31.1 Å². The Bertz CT molecular complexity index is 836. The molecule has 5 unspecified atom stereocenters. The van der Waals surface area contributed by atoms with E-state index in [2.05, 4.69) is 0 Å². The third-order valence-electron chi connectivity index (χ3n) is 4.67. The second-order valence-corrected chi connectivity index (χ2v) is 6.63. The van der Waals surface area contributed by atoms with Gasteiger partial charge in [0.05, 0.1) is 6.61 Å². The van der Waals surface area contributed by atoms with Gasteiger partial charge in [-0.15, -0.1) is 0 Å². The van der Waals surface area contributed by atoms with Gasteiger partial charge in [-0.25, -0.2) is 4.79 Å². The van der Waals surface area contributed by atoms with E-state index in [-0.39, 0.29) is 18.8 Å². The van der Waals surface area contributed by atoms with Crippen LogP contribution < -0.4 is 9.47 Å². The van der Waals surface area contributed by atoms with Gasteiger partial charge in [0.25, 0.3) is 0 Å². The Morgan fingerprint density at radius 1 is 1.00 bits per heavy atom.